The van der Waals surface area contributed by atoms with Gasteiger partial charge in [0.25, 0.3) is 5.91 Å². The van der Waals surface area contributed by atoms with Crippen molar-refractivity contribution in [3.63, 3.8) is 0 Å². The van der Waals surface area contributed by atoms with Crippen molar-refractivity contribution in [1.29, 1.82) is 0 Å². The van der Waals surface area contributed by atoms with E-state index in [1.807, 2.05) is 22.4 Å². The molecule has 2 heterocycles. The van der Waals surface area contributed by atoms with E-state index in [1.54, 1.807) is 0 Å². The van der Waals surface area contributed by atoms with Crippen LogP contribution >= 0.6 is 11.3 Å². The molecule has 1 aromatic rings. The average molecular weight is 238 g/mol. The molecule has 0 aliphatic carbocycles. The first-order valence-electron chi connectivity index (χ1n) is 5.73. The zero-order chi connectivity index (χ0) is 11.6. The first-order valence-corrected chi connectivity index (χ1v) is 6.61. The number of carbonyl (C=O) groups excluding carboxylic acids is 1. The van der Waals surface area contributed by atoms with Crippen LogP contribution in [0.25, 0.3) is 0 Å². The highest BCUT2D eigenvalue weighted by Crippen LogP contribution is 2.29. The van der Waals surface area contributed by atoms with Gasteiger partial charge in [0.2, 0.25) is 0 Å². The fraction of sp³-hybridized carbons (Fsp3) is 0.583. The summed E-state index contributed by atoms with van der Waals surface area (Å²) in [4.78, 5) is 15.1. The molecule has 16 heavy (non-hydrogen) atoms. The van der Waals surface area contributed by atoms with Gasteiger partial charge in [-0.15, -0.1) is 11.3 Å². The molecular formula is C12H18N2OS. The lowest BCUT2D eigenvalue weighted by molar-refractivity contribution is 0.0408. The zero-order valence-electron chi connectivity index (χ0n) is 9.61. The van der Waals surface area contributed by atoms with Gasteiger partial charge in [-0.3, -0.25) is 4.79 Å². The summed E-state index contributed by atoms with van der Waals surface area (Å²) < 4.78 is 0. The van der Waals surface area contributed by atoms with Crippen LogP contribution in [-0.4, -0.2) is 29.4 Å². The maximum atomic E-state index is 12.3. The Balaban J connectivity index is 2.21. The van der Waals surface area contributed by atoms with E-state index in [-0.39, 0.29) is 11.4 Å². The van der Waals surface area contributed by atoms with Gasteiger partial charge in [-0.2, -0.15) is 0 Å². The highest BCUT2D eigenvalue weighted by atomic mass is 32.1. The summed E-state index contributed by atoms with van der Waals surface area (Å²) in [6, 6.07) is 3.81. The molecule has 1 amide bonds. The minimum Gasteiger partial charge on any atom is -0.331 e. The predicted molar refractivity (Wildman–Crippen MR) is 66.7 cm³/mol. The van der Waals surface area contributed by atoms with Crippen molar-refractivity contribution in [2.75, 3.05) is 13.1 Å². The van der Waals surface area contributed by atoms with E-state index in [0.29, 0.717) is 6.54 Å². The number of hydrogen-bond donors (Lipinski definition) is 1. The molecule has 88 valence electrons. The molecule has 0 spiro atoms. The molecule has 1 fully saturated rings. The molecule has 0 saturated carbocycles. The number of amides is 1. The van der Waals surface area contributed by atoms with Crippen LogP contribution in [0, 0.1) is 0 Å². The van der Waals surface area contributed by atoms with Crippen LogP contribution in [0.1, 0.15) is 35.9 Å². The summed E-state index contributed by atoms with van der Waals surface area (Å²) in [5.41, 5.74) is 5.68. The van der Waals surface area contributed by atoms with Crippen molar-refractivity contribution in [3.8, 4) is 0 Å². The molecule has 1 unspecified atom stereocenters. The van der Waals surface area contributed by atoms with Gasteiger partial charge in [-0.1, -0.05) is 6.07 Å². The number of nitrogens with two attached hydrogens (primary N) is 1. The number of hydrogen-bond acceptors (Lipinski definition) is 3. The second kappa shape index (κ2) is 4.55. The van der Waals surface area contributed by atoms with Gasteiger partial charge < -0.3 is 10.6 Å². The lowest BCUT2D eigenvalue weighted by atomic mass is 9.88. The van der Waals surface area contributed by atoms with Crippen LogP contribution < -0.4 is 5.73 Å². The van der Waals surface area contributed by atoms with Crippen molar-refractivity contribution in [1.82, 2.24) is 4.90 Å². The summed E-state index contributed by atoms with van der Waals surface area (Å²) in [7, 11) is 0. The smallest absolute Gasteiger partial charge is 0.264 e. The minimum atomic E-state index is -0.153. The number of piperidine rings is 1. The molecule has 1 aromatic heterocycles. The monoisotopic (exact) mass is 238 g/mol. The molecule has 2 N–H and O–H groups in total. The molecule has 0 radical (unpaired) electrons. The van der Waals surface area contributed by atoms with Crippen LogP contribution in [-0.2, 0) is 0 Å². The highest BCUT2D eigenvalue weighted by molar-refractivity contribution is 7.12. The van der Waals surface area contributed by atoms with Crippen molar-refractivity contribution in [2.45, 2.75) is 31.7 Å². The molecule has 2 rings (SSSR count). The third kappa shape index (κ3) is 1.99. The largest absolute Gasteiger partial charge is 0.331 e. The van der Waals surface area contributed by atoms with Gasteiger partial charge in [-0.05, 0) is 37.6 Å². The summed E-state index contributed by atoms with van der Waals surface area (Å²) in [6.45, 7) is 3.48. The van der Waals surface area contributed by atoms with Crippen LogP contribution in [0.15, 0.2) is 17.5 Å². The van der Waals surface area contributed by atoms with E-state index in [1.165, 1.54) is 17.8 Å². The van der Waals surface area contributed by atoms with Crippen molar-refractivity contribution in [2.24, 2.45) is 5.73 Å². The Labute approximate surface area is 100 Å². The van der Waals surface area contributed by atoms with E-state index in [2.05, 4.69) is 6.92 Å². The normalized spacial score (nSPS) is 25.8. The summed E-state index contributed by atoms with van der Waals surface area (Å²) in [5, 5.41) is 1.94. The van der Waals surface area contributed by atoms with Gasteiger partial charge in [-0.25, -0.2) is 0 Å². The van der Waals surface area contributed by atoms with Gasteiger partial charge in [0.05, 0.1) is 10.4 Å². The van der Waals surface area contributed by atoms with Gasteiger partial charge in [0.15, 0.2) is 0 Å². The predicted octanol–water partition coefficient (Wildman–Crippen LogP) is 2.09. The average Bonchev–Trinajstić information content (AvgIpc) is 2.82. The molecule has 3 nitrogen and oxygen atoms in total. The zero-order valence-corrected chi connectivity index (χ0v) is 10.4. The fourth-order valence-corrected chi connectivity index (χ4v) is 2.94. The first-order chi connectivity index (χ1) is 7.67. The lowest BCUT2D eigenvalue weighted by Gasteiger charge is -2.44. The van der Waals surface area contributed by atoms with Crippen LogP contribution in [0.4, 0.5) is 0 Å². The lowest BCUT2D eigenvalue weighted by Crippen LogP contribution is -2.56. The summed E-state index contributed by atoms with van der Waals surface area (Å²) in [6.07, 6.45) is 3.27. The molecule has 1 aliphatic heterocycles. The van der Waals surface area contributed by atoms with Gasteiger partial charge in [0, 0.05) is 13.1 Å². The Morgan fingerprint density at radius 3 is 3.06 bits per heavy atom. The number of likely N-dealkylation sites (tertiary alicyclic amines) is 1. The van der Waals surface area contributed by atoms with E-state index in [0.717, 1.165) is 24.3 Å². The van der Waals surface area contributed by atoms with Gasteiger partial charge >= 0.3 is 0 Å². The molecule has 0 bridgehead atoms. The van der Waals surface area contributed by atoms with Crippen LogP contribution in [0.3, 0.4) is 0 Å². The number of carbonyl (C=O) groups is 1. The second-order valence-corrected chi connectivity index (χ2v) is 5.54. The van der Waals surface area contributed by atoms with Crippen LogP contribution in [0.2, 0.25) is 0 Å². The van der Waals surface area contributed by atoms with E-state index < -0.39 is 0 Å². The molecule has 4 heteroatoms. The molecule has 1 saturated heterocycles. The quantitative estimate of drug-likeness (QED) is 0.857. The fourth-order valence-electron chi connectivity index (χ4n) is 2.27. The van der Waals surface area contributed by atoms with Gasteiger partial charge in [0.1, 0.15) is 0 Å². The first kappa shape index (κ1) is 11.6. The molecular weight excluding hydrogens is 220 g/mol. The maximum absolute atomic E-state index is 12.3. The minimum absolute atomic E-state index is 0.141. The Morgan fingerprint density at radius 2 is 2.44 bits per heavy atom. The van der Waals surface area contributed by atoms with Crippen molar-refractivity contribution in [3.05, 3.63) is 22.4 Å². The summed E-state index contributed by atoms with van der Waals surface area (Å²) >= 11 is 1.50. The Morgan fingerprint density at radius 1 is 1.62 bits per heavy atom. The second-order valence-electron chi connectivity index (χ2n) is 4.59. The molecule has 0 aromatic carbocycles. The van der Waals surface area contributed by atoms with E-state index in [4.69, 9.17) is 5.73 Å². The van der Waals surface area contributed by atoms with Crippen molar-refractivity contribution < 1.29 is 4.79 Å². The maximum Gasteiger partial charge on any atom is 0.264 e. The Kier molecular flexibility index (Phi) is 3.30. The van der Waals surface area contributed by atoms with E-state index in [9.17, 15) is 4.79 Å². The SMILES string of the molecule is CC1(CN)CCCCN1C(=O)c1cccs1. The topological polar surface area (TPSA) is 46.3 Å². The Bertz CT molecular complexity index is 363. The summed E-state index contributed by atoms with van der Waals surface area (Å²) in [5.74, 6) is 0.141. The Hall–Kier alpha value is -0.870. The highest BCUT2D eigenvalue weighted by Gasteiger charge is 2.36. The number of thiophene rings is 1. The standard InChI is InChI=1S/C12H18N2OS/c1-12(9-13)6-2-3-7-14(12)11(15)10-5-4-8-16-10/h4-5,8H,2-3,6-7,9,13H2,1H3. The van der Waals surface area contributed by atoms with Crippen LogP contribution in [0.5, 0.6) is 0 Å². The van der Waals surface area contributed by atoms with Crippen molar-refractivity contribution >= 4 is 17.2 Å². The van der Waals surface area contributed by atoms with E-state index >= 15 is 0 Å². The molecule has 1 atom stereocenters. The molecule has 1 aliphatic rings. The number of rotatable bonds is 2. The number of nitrogens with zero attached hydrogens (tertiary/aromatic N) is 1. The third-order valence-corrected chi connectivity index (χ3v) is 4.27. The third-order valence-electron chi connectivity index (χ3n) is 3.42.